The van der Waals surface area contributed by atoms with Gasteiger partial charge in [0.25, 0.3) is 0 Å². The van der Waals surface area contributed by atoms with Crippen LogP contribution in [-0.2, 0) is 0 Å². The fraction of sp³-hybridized carbons (Fsp3) is 0.0909. The number of phenols is 1. The number of nitrogen functional groups attached to an aromatic ring is 1. The topological polar surface area (TPSA) is 76.4 Å². The molecule has 0 saturated heterocycles. The fourth-order valence-corrected chi connectivity index (χ4v) is 1.73. The lowest BCUT2D eigenvalue weighted by molar-refractivity contribution is 0.472. The maximum Gasteiger partial charge on any atom is 0.221 e. The summed E-state index contributed by atoms with van der Waals surface area (Å²) < 4.78 is 2.12. The van der Waals surface area contributed by atoms with E-state index in [4.69, 9.17) is 5.73 Å². The first-order chi connectivity index (χ1) is 8.06. The Morgan fingerprint density at radius 3 is 2.88 bits per heavy atom. The molecule has 6 heteroatoms. The van der Waals surface area contributed by atoms with Gasteiger partial charge >= 0.3 is 0 Å². The highest BCUT2D eigenvalue weighted by Crippen LogP contribution is 2.23. The lowest BCUT2D eigenvalue weighted by Crippen LogP contribution is -1.96. The number of halogens is 1. The quantitative estimate of drug-likeness (QED) is 0.833. The Labute approximate surface area is 107 Å². The summed E-state index contributed by atoms with van der Waals surface area (Å²) in [5, 5.41) is 13.5. The predicted molar refractivity (Wildman–Crippen MR) is 70.2 cm³/mol. The summed E-state index contributed by atoms with van der Waals surface area (Å²) in [6, 6.07) is 5.11. The molecule has 1 heterocycles. The Balaban J connectivity index is 2.26. The molecule has 0 unspecified atom stereocenters. The van der Waals surface area contributed by atoms with E-state index in [0.29, 0.717) is 10.4 Å². The predicted octanol–water partition coefficient (Wildman–Crippen LogP) is 2.12. The van der Waals surface area contributed by atoms with Crippen LogP contribution in [0, 0.1) is 6.92 Å². The standard InChI is InChI=1S/C11H11BrN4O/c1-7-6-16(11(13)15-7)14-5-8-2-3-10(17)9(12)4-8/h2-6,17H,1H3,(H2,13,15). The number of benzene rings is 1. The summed E-state index contributed by atoms with van der Waals surface area (Å²) in [5.74, 6) is 0.539. The van der Waals surface area contributed by atoms with Crippen molar-refractivity contribution in [1.29, 1.82) is 0 Å². The highest BCUT2D eigenvalue weighted by atomic mass is 79.9. The molecule has 0 spiro atoms. The normalized spacial score (nSPS) is 11.2. The molecule has 1 aromatic heterocycles. The van der Waals surface area contributed by atoms with E-state index in [0.717, 1.165) is 11.3 Å². The number of anilines is 1. The number of hydrogen-bond donors (Lipinski definition) is 2. The van der Waals surface area contributed by atoms with Gasteiger partial charge in [-0.2, -0.15) is 5.10 Å². The van der Waals surface area contributed by atoms with Crippen LogP contribution in [0.3, 0.4) is 0 Å². The second kappa shape index (κ2) is 4.58. The number of nitrogens with zero attached hydrogens (tertiary/aromatic N) is 3. The number of hydrogen-bond acceptors (Lipinski definition) is 4. The van der Waals surface area contributed by atoms with Crippen molar-refractivity contribution in [3.63, 3.8) is 0 Å². The molecule has 0 aliphatic heterocycles. The van der Waals surface area contributed by atoms with E-state index in [1.807, 2.05) is 6.92 Å². The molecule has 0 atom stereocenters. The third kappa shape index (κ3) is 2.65. The maximum atomic E-state index is 9.35. The summed E-state index contributed by atoms with van der Waals surface area (Å²) in [4.78, 5) is 4.03. The summed E-state index contributed by atoms with van der Waals surface area (Å²) in [6.45, 7) is 1.85. The van der Waals surface area contributed by atoms with E-state index in [9.17, 15) is 5.11 Å². The molecule has 0 aliphatic carbocycles. The molecule has 17 heavy (non-hydrogen) atoms. The number of aromatic hydroxyl groups is 1. The highest BCUT2D eigenvalue weighted by Gasteiger charge is 2.00. The molecule has 2 aromatic rings. The molecule has 2 rings (SSSR count). The summed E-state index contributed by atoms with van der Waals surface area (Å²) in [6.07, 6.45) is 3.38. The third-order valence-corrected chi connectivity index (χ3v) is 2.77. The van der Waals surface area contributed by atoms with Crippen LogP contribution in [0.15, 0.2) is 34.0 Å². The second-order valence-electron chi connectivity index (χ2n) is 3.54. The van der Waals surface area contributed by atoms with Crippen molar-refractivity contribution in [3.05, 3.63) is 40.1 Å². The molecule has 3 N–H and O–H groups in total. The number of rotatable bonds is 2. The molecule has 0 aliphatic rings. The van der Waals surface area contributed by atoms with Crippen molar-refractivity contribution in [2.24, 2.45) is 5.10 Å². The number of aryl methyl sites for hydroxylation is 1. The molecule has 88 valence electrons. The number of phenolic OH excluding ortho intramolecular Hbond substituents is 1. The van der Waals surface area contributed by atoms with Crippen LogP contribution in [0.25, 0.3) is 0 Å². The first-order valence-electron chi connectivity index (χ1n) is 4.90. The van der Waals surface area contributed by atoms with Gasteiger partial charge in [-0.3, -0.25) is 0 Å². The van der Waals surface area contributed by atoms with Gasteiger partial charge in [-0.05, 0) is 46.6 Å². The highest BCUT2D eigenvalue weighted by molar-refractivity contribution is 9.10. The van der Waals surface area contributed by atoms with Gasteiger partial charge in [-0.25, -0.2) is 9.66 Å². The van der Waals surface area contributed by atoms with Crippen LogP contribution in [0.2, 0.25) is 0 Å². The van der Waals surface area contributed by atoms with Gasteiger partial charge in [0.1, 0.15) is 5.75 Å². The van der Waals surface area contributed by atoms with Crippen LogP contribution in [0.1, 0.15) is 11.3 Å². The molecule has 0 amide bonds. The first kappa shape index (κ1) is 11.7. The second-order valence-corrected chi connectivity index (χ2v) is 4.39. The van der Waals surface area contributed by atoms with Gasteiger partial charge in [0.2, 0.25) is 5.95 Å². The monoisotopic (exact) mass is 294 g/mol. The van der Waals surface area contributed by atoms with E-state index < -0.39 is 0 Å². The smallest absolute Gasteiger partial charge is 0.221 e. The van der Waals surface area contributed by atoms with Crippen LogP contribution in [-0.4, -0.2) is 21.0 Å². The third-order valence-electron chi connectivity index (χ3n) is 2.14. The van der Waals surface area contributed by atoms with Gasteiger partial charge in [0.15, 0.2) is 0 Å². The molecule has 0 radical (unpaired) electrons. The molecular formula is C11H11BrN4O. The minimum atomic E-state index is 0.195. The molecule has 1 aromatic carbocycles. The largest absolute Gasteiger partial charge is 0.507 e. The van der Waals surface area contributed by atoms with E-state index in [-0.39, 0.29) is 5.75 Å². The number of nitrogens with two attached hydrogens (primary N) is 1. The van der Waals surface area contributed by atoms with E-state index >= 15 is 0 Å². The maximum absolute atomic E-state index is 9.35. The van der Waals surface area contributed by atoms with Crippen LogP contribution in [0.4, 0.5) is 5.95 Å². The van der Waals surface area contributed by atoms with Crippen molar-refractivity contribution in [2.45, 2.75) is 6.92 Å². The van der Waals surface area contributed by atoms with Crippen LogP contribution >= 0.6 is 15.9 Å². The Kier molecular flexibility index (Phi) is 3.14. The first-order valence-corrected chi connectivity index (χ1v) is 5.70. The Morgan fingerprint density at radius 1 is 1.53 bits per heavy atom. The minimum Gasteiger partial charge on any atom is -0.507 e. The van der Waals surface area contributed by atoms with Crippen LogP contribution < -0.4 is 5.73 Å². The minimum absolute atomic E-state index is 0.195. The summed E-state index contributed by atoms with van der Waals surface area (Å²) in [7, 11) is 0. The lowest BCUT2D eigenvalue weighted by atomic mass is 10.2. The van der Waals surface area contributed by atoms with Crippen molar-refractivity contribution in [1.82, 2.24) is 9.66 Å². The van der Waals surface area contributed by atoms with Crippen molar-refractivity contribution in [3.8, 4) is 5.75 Å². The van der Waals surface area contributed by atoms with Gasteiger partial charge in [-0.1, -0.05) is 0 Å². The SMILES string of the molecule is Cc1cn(N=Cc2ccc(O)c(Br)c2)c(N)n1. The zero-order chi connectivity index (χ0) is 12.4. The van der Waals surface area contributed by atoms with E-state index in [1.54, 1.807) is 30.6 Å². The zero-order valence-electron chi connectivity index (χ0n) is 9.13. The molecule has 5 nitrogen and oxygen atoms in total. The number of aromatic nitrogens is 2. The average molecular weight is 295 g/mol. The fourth-order valence-electron chi connectivity index (χ4n) is 1.33. The van der Waals surface area contributed by atoms with Crippen LogP contribution in [0.5, 0.6) is 5.75 Å². The Bertz CT molecular complexity index is 577. The lowest BCUT2D eigenvalue weighted by Gasteiger charge is -1.98. The zero-order valence-corrected chi connectivity index (χ0v) is 10.7. The molecule has 0 saturated carbocycles. The molecule has 0 fully saturated rings. The van der Waals surface area contributed by atoms with Crippen molar-refractivity contribution < 1.29 is 5.11 Å². The molecule has 0 bridgehead atoms. The van der Waals surface area contributed by atoms with Gasteiger partial charge in [0.05, 0.1) is 22.6 Å². The summed E-state index contributed by atoms with van der Waals surface area (Å²) >= 11 is 3.24. The number of imidazole rings is 1. The van der Waals surface area contributed by atoms with Crippen molar-refractivity contribution in [2.75, 3.05) is 5.73 Å². The van der Waals surface area contributed by atoms with E-state index in [2.05, 4.69) is 26.0 Å². The Morgan fingerprint density at radius 2 is 2.29 bits per heavy atom. The Hall–Kier alpha value is -1.82. The summed E-state index contributed by atoms with van der Waals surface area (Å²) in [5.41, 5.74) is 7.31. The van der Waals surface area contributed by atoms with Crippen molar-refractivity contribution >= 4 is 28.1 Å². The van der Waals surface area contributed by atoms with E-state index in [1.165, 1.54) is 4.68 Å². The average Bonchev–Trinajstić information content (AvgIpc) is 2.59. The van der Waals surface area contributed by atoms with Gasteiger partial charge in [-0.15, -0.1) is 0 Å². The molecular weight excluding hydrogens is 284 g/mol. The van der Waals surface area contributed by atoms with Gasteiger partial charge < -0.3 is 10.8 Å². The van der Waals surface area contributed by atoms with Gasteiger partial charge in [0, 0.05) is 0 Å².